The van der Waals surface area contributed by atoms with Gasteiger partial charge in [0.05, 0.1) is 15.8 Å². The summed E-state index contributed by atoms with van der Waals surface area (Å²) in [5, 5.41) is 12.5. The maximum absolute atomic E-state index is 12.7. The van der Waals surface area contributed by atoms with E-state index in [2.05, 4.69) is 10.3 Å². The number of rotatable bonds is 3. The van der Waals surface area contributed by atoms with Crippen LogP contribution in [0, 0.1) is 0 Å². The summed E-state index contributed by atoms with van der Waals surface area (Å²) >= 11 is 1.43. The van der Waals surface area contributed by atoms with Crippen molar-refractivity contribution in [2.24, 2.45) is 0 Å². The molecule has 1 amide bonds. The summed E-state index contributed by atoms with van der Waals surface area (Å²) in [6.07, 6.45) is 3.33. The van der Waals surface area contributed by atoms with Crippen molar-refractivity contribution in [2.45, 2.75) is 12.8 Å². The monoisotopic (exact) mass is 350 g/mol. The second-order valence-electron chi connectivity index (χ2n) is 5.77. The fourth-order valence-electron chi connectivity index (χ4n) is 2.98. The number of aryl methyl sites for hydroxylation is 1. The Morgan fingerprint density at radius 3 is 2.80 bits per heavy atom. The molecule has 0 saturated heterocycles. The van der Waals surface area contributed by atoms with Crippen molar-refractivity contribution >= 4 is 44.1 Å². The number of benzene rings is 2. The molecular formula is C19H14N2O3S. The van der Waals surface area contributed by atoms with Crippen LogP contribution >= 0.6 is 11.3 Å². The van der Waals surface area contributed by atoms with Gasteiger partial charge >= 0.3 is 5.97 Å². The molecular weight excluding hydrogens is 336 g/mol. The van der Waals surface area contributed by atoms with Crippen LogP contribution < -0.4 is 5.32 Å². The molecule has 4 rings (SSSR count). The Hall–Kier alpha value is -2.99. The van der Waals surface area contributed by atoms with E-state index in [1.807, 2.05) is 30.3 Å². The predicted octanol–water partition coefficient (Wildman–Crippen LogP) is 3.96. The first-order chi connectivity index (χ1) is 12.1. The van der Waals surface area contributed by atoms with Crippen molar-refractivity contribution in [3.8, 4) is 0 Å². The molecule has 6 heteroatoms. The number of fused-ring (bicyclic) bond motifs is 2. The molecule has 25 heavy (non-hydrogen) atoms. The number of allylic oxidation sites excluding steroid dienone is 1. The molecule has 0 saturated carbocycles. The third-order valence-corrected chi connectivity index (χ3v) is 5.12. The lowest BCUT2D eigenvalue weighted by Crippen LogP contribution is -2.17. The fraction of sp³-hybridized carbons (Fsp3) is 0.105. The van der Waals surface area contributed by atoms with Crippen molar-refractivity contribution in [1.29, 1.82) is 0 Å². The summed E-state index contributed by atoms with van der Waals surface area (Å²) < 4.78 is 1.02. The number of carboxylic acid groups (broad SMARTS) is 1. The van der Waals surface area contributed by atoms with Gasteiger partial charge in [0.15, 0.2) is 5.13 Å². The van der Waals surface area contributed by atoms with E-state index in [-0.39, 0.29) is 11.5 Å². The highest BCUT2D eigenvalue weighted by molar-refractivity contribution is 7.22. The standard InChI is InChI=1S/C19H14N2O3S/c22-17(21-19-20-15-6-1-2-7-16(15)25-19)14-5-3-4-11-10-12(18(23)24)8-9-13(11)14/h1-2,5-10H,3-4H2,(H,23,24)(H,20,21,22). The molecule has 0 spiro atoms. The molecule has 2 N–H and O–H groups in total. The lowest BCUT2D eigenvalue weighted by Gasteiger charge is -2.17. The van der Waals surface area contributed by atoms with Crippen molar-refractivity contribution in [1.82, 2.24) is 4.98 Å². The van der Waals surface area contributed by atoms with Crippen LogP contribution in [0.5, 0.6) is 0 Å². The number of aromatic carboxylic acids is 1. The molecule has 0 fully saturated rings. The van der Waals surface area contributed by atoms with Gasteiger partial charge < -0.3 is 5.11 Å². The molecule has 1 aromatic heterocycles. The third-order valence-electron chi connectivity index (χ3n) is 4.16. The van der Waals surface area contributed by atoms with Crippen LogP contribution in [0.3, 0.4) is 0 Å². The smallest absolute Gasteiger partial charge is 0.335 e. The first kappa shape index (κ1) is 15.5. The van der Waals surface area contributed by atoms with Gasteiger partial charge in [-0.15, -0.1) is 0 Å². The number of carbonyl (C=O) groups is 2. The molecule has 1 aliphatic carbocycles. The Balaban J connectivity index is 1.62. The molecule has 0 atom stereocenters. The number of nitrogens with one attached hydrogen (secondary N) is 1. The quantitative estimate of drug-likeness (QED) is 0.749. The third kappa shape index (κ3) is 2.92. The summed E-state index contributed by atoms with van der Waals surface area (Å²) in [5.74, 6) is -1.18. The molecule has 124 valence electrons. The minimum atomic E-state index is -0.960. The highest BCUT2D eigenvalue weighted by Gasteiger charge is 2.21. The SMILES string of the molecule is O=C(Nc1nc2ccccc2s1)C1=CCCc2cc(C(=O)O)ccc21. The topological polar surface area (TPSA) is 79.3 Å². The Morgan fingerprint density at radius 2 is 2.00 bits per heavy atom. The first-order valence-electron chi connectivity index (χ1n) is 7.85. The number of thiazole rings is 1. The van der Waals surface area contributed by atoms with E-state index in [0.29, 0.717) is 17.1 Å². The van der Waals surface area contributed by atoms with Gasteiger partial charge in [-0.05, 0) is 48.2 Å². The Bertz CT molecular complexity index is 1000. The Kier molecular flexibility index (Phi) is 3.82. The largest absolute Gasteiger partial charge is 0.478 e. The Morgan fingerprint density at radius 1 is 1.16 bits per heavy atom. The van der Waals surface area contributed by atoms with E-state index in [9.17, 15) is 9.59 Å². The van der Waals surface area contributed by atoms with E-state index in [1.54, 1.807) is 12.1 Å². The number of carbonyl (C=O) groups excluding carboxylic acids is 1. The summed E-state index contributed by atoms with van der Waals surface area (Å²) in [4.78, 5) is 28.2. The van der Waals surface area contributed by atoms with Gasteiger partial charge in [0, 0.05) is 5.57 Å². The minimum Gasteiger partial charge on any atom is -0.478 e. The summed E-state index contributed by atoms with van der Waals surface area (Å²) in [6.45, 7) is 0. The number of hydrogen-bond acceptors (Lipinski definition) is 4. The fourth-order valence-corrected chi connectivity index (χ4v) is 3.84. The van der Waals surface area contributed by atoms with E-state index >= 15 is 0 Å². The maximum atomic E-state index is 12.7. The highest BCUT2D eigenvalue weighted by Crippen LogP contribution is 2.30. The van der Waals surface area contributed by atoms with Crippen LogP contribution in [0.4, 0.5) is 5.13 Å². The van der Waals surface area contributed by atoms with Gasteiger partial charge in [0.1, 0.15) is 0 Å². The Labute approximate surface area is 147 Å². The number of aromatic nitrogens is 1. The van der Waals surface area contributed by atoms with Gasteiger partial charge in [0.2, 0.25) is 0 Å². The van der Waals surface area contributed by atoms with Crippen molar-refractivity contribution in [3.63, 3.8) is 0 Å². The lowest BCUT2D eigenvalue weighted by atomic mass is 9.89. The van der Waals surface area contributed by atoms with Crippen LogP contribution in [-0.4, -0.2) is 22.0 Å². The van der Waals surface area contributed by atoms with E-state index < -0.39 is 5.97 Å². The summed E-state index contributed by atoms with van der Waals surface area (Å²) in [5.41, 5.74) is 3.34. The van der Waals surface area contributed by atoms with Gasteiger partial charge in [-0.25, -0.2) is 9.78 Å². The van der Waals surface area contributed by atoms with Crippen LogP contribution in [0.15, 0.2) is 48.5 Å². The van der Waals surface area contributed by atoms with Gasteiger partial charge in [-0.2, -0.15) is 0 Å². The maximum Gasteiger partial charge on any atom is 0.335 e. The molecule has 0 radical (unpaired) electrons. The molecule has 0 bridgehead atoms. The van der Waals surface area contributed by atoms with Crippen LogP contribution in [0.25, 0.3) is 15.8 Å². The second kappa shape index (κ2) is 6.14. The molecule has 1 aliphatic rings. The van der Waals surface area contributed by atoms with Gasteiger partial charge in [0.25, 0.3) is 5.91 Å². The van der Waals surface area contributed by atoms with Crippen LogP contribution in [0.2, 0.25) is 0 Å². The van der Waals surface area contributed by atoms with Crippen molar-refractivity contribution < 1.29 is 14.7 Å². The van der Waals surface area contributed by atoms with E-state index in [1.165, 1.54) is 17.4 Å². The van der Waals surface area contributed by atoms with E-state index in [0.717, 1.165) is 27.8 Å². The zero-order valence-corrected chi connectivity index (χ0v) is 14.0. The molecule has 1 heterocycles. The van der Waals surface area contributed by atoms with Crippen LogP contribution in [0.1, 0.15) is 27.9 Å². The van der Waals surface area contributed by atoms with Gasteiger partial charge in [-0.3, -0.25) is 10.1 Å². The molecule has 2 aromatic carbocycles. The summed E-state index contributed by atoms with van der Waals surface area (Å²) in [7, 11) is 0. The second-order valence-corrected chi connectivity index (χ2v) is 6.81. The minimum absolute atomic E-state index is 0.219. The number of carboxylic acids is 1. The van der Waals surface area contributed by atoms with E-state index in [4.69, 9.17) is 5.11 Å². The normalized spacial score (nSPS) is 13.2. The number of anilines is 1. The molecule has 3 aromatic rings. The van der Waals surface area contributed by atoms with Crippen LogP contribution in [-0.2, 0) is 11.2 Å². The first-order valence-corrected chi connectivity index (χ1v) is 8.67. The summed E-state index contributed by atoms with van der Waals surface area (Å²) in [6, 6.07) is 12.6. The number of nitrogens with zero attached hydrogens (tertiary/aromatic N) is 1. The number of hydrogen-bond donors (Lipinski definition) is 2. The van der Waals surface area contributed by atoms with Crippen molar-refractivity contribution in [2.75, 3.05) is 5.32 Å². The molecule has 5 nitrogen and oxygen atoms in total. The van der Waals surface area contributed by atoms with Crippen molar-refractivity contribution in [3.05, 3.63) is 65.2 Å². The highest BCUT2D eigenvalue weighted by atomic mass is 32.1. The zero-order chi connectivity index (χ0) is 17.4. The lowest BCUT2D eigenvalue weighted by molar-refractivity contribution is -0.111. The van der Waals surface area contributed by atoms with Gasteiger partial charge in [-0.1, -0.05) is 35.6 Å². The number of para-hydroxylation sites is 1. The average molecular weight is 350 g/mol. The number of amides is 1. The molecule has 0 aliphatic heterocycles. The molecule has 0 unspecified atom stereocenters. The zero-order valence-electron chi connectivity index (χ0n) is 13.2. The predicted molar refractivity (Wildman–Crippen MR) is 97.9 cm³/mol. The average Bonchev–Trinajstić information content (AvgIpc) is 3.02.